The lowest BCUT2D eigenvalue weighted by Crippen LogP contribution is -2.17. The van der Waals surface area contributed by atoms with Gasteiger partial charge in [0.2, 0.25) is 0 Å². The summed E-state index contributed by atoms with van der Waals surface area (Å²) in [6, 6.07) is 6.36. The summed E-state index contributed by atoms with van der Waals surface area (Å²) in [5.74, 6) is 0.864. The van der Waals surface area contributed by atoms with E-state index in [1.807, 2.05) is 0 Å². The SMILES string of the molecule is NCc1cn(CC2CCC2)c2c(Br)cccc12. The number of rotatable bonds is 3. The van der Waals surface area contributed by atoms with Gasteiger partial charge >= 0.3 is 0 Å². The molecule has 17 heavy (non-hydrogen) atoms. The lowest BCUT2D eigenvalue weighted by Gasteiger charge is -2.26. The number of fused-ring (bicyclic) bond motifs is 1. The molecule has 1 aromatic heterocycles. The summed E-state index contributed by atoms with van der Waals surface area (Å²) >= 11 is 3.66. The maximum atomic E-state index is 5.83. The van der Waals surface area contributed by atoms with E-state index >= 15 is 0 Å². The Morgan fingerprint density at radius 2 is 2.18 bits per heavy atom. The van der Waals surface area contributed by atoms with Gasteiger partial charge in [0.15, 0.2) is 0 Å². The Kier molecular flexibility index (Phi) is 2.97. The minimum absolute atomic E-state index is 0.616. The predicted molar refractivity (Wildman–Crippen MR) is 74.9 cm³/mol. The van der Waals surface area contributed by atoms with Crippen molar-refractivity contribution < 1.29 is 0 Å². The highest BCUT2D eigenvalue weighted by atomic mass is 79.9. The Morgan fingerprint density at radius 1 is 1.35 bits per heavy atom. The van der Waals surface area contributed by atoms with E-state index in [-0.39, 0.29) is 0 Å². The van der Waals surface area contributed by atoms with Crippen molar-refractivity contribution in [1.29, 1.82) is 0 Å². The highest BCUT2D eigenvalue weighted by molar-refractivity contribution is 9.10. The van der Waals surface area contributed by atoms with Crippen molar-refractivity contribution >= 4 is 26.8 Å². The van der Waals surface area contributed by atoms with Gasteiger partial charge in [0.05, 0.1) is 5.52 Å². The molecule has 0 aliphatic heterocycles. The van der Waals surface area contributed by atoms with Crippen molar-refractivity contribution in [2.24, 2.45) is 11.7 Å². The molecule has 3 rings (SSSR count). The molecule has 0 radical (unpaired) electrons. The molecule has 0 atom stereocenters. The number of para-hydroxylation sites is 1. The van der Waals surface area contributed by atoms with Crippen LogP contribution in [0.4, 0.5) is 0 Å². The first-order valence-corrected chi connectivity index (χ1v) is 7.05. The van der Waals surface area contributed by atoms with Crippen LogP contribution in [0.1, 0.15) is 24.8 Å². The first kappa shape index (κ1) is 11.3. The summed E-state index contributed by atoms with van der Waals surface area (Å²) in [5, 5.41) is 1.29. The van der Waals surface area contributed by atoms with Gasteiger partial charge in [-0.1, -0.05) is 18.6 Å². The number of benzene rings is 1. The number of halogens is 1. The van der Waals surface area contributed by atoms with Crippen molar-refractivity contribution in [1.82, 2.24) is 4.57 Å². The normalized spacial score (nSPS) is 16.4. The fourth-order valence-corrected chi connectivity index (χ4v) is 3.24. The summed E-state index contributed by atoms with van der Waals surface area (Å²) in [6.07, 6.45) is 6.38. The van der Waals surface area contributed by atoms with Crippen molar-refractivity contribution in [3.8, 4) is 0 Å². The largest absolute Gasteiger partial charge is 0.346 e. The van der Waals surface area contributed by atoms with Crippen molar-refractivity contribution in [2.45, 2.75) is 32.4 Å². The monoisotopic (exact) mass is 292 g/mol. The van der Waals surface area contributed by atoms with Gasteiger partial charge in [-0.25, -0.2) is 0 Å². The standard InChI is InChI=1S/C14H17BrN2/c15-13-6-2-5-12-11(7-16)9-17(14(12)13)8-10-3-1-4-10/h2,5-6,9-10H,1,3-4,7-8,16H2. The molecule has 1 fully saturated rings. The highest BCUT2D eigenvalue weighted by Crippen LogP contribution is 2.33. The Balaban J connectivity index is 2.09. The number of hydrogen-bond donors (Lipinski definition) is 1. The summed E-state index contributed by atoms with van der Waals surface area (Å²) in [6.45, 7) is 1.75. The summed E-state index contributed by atoms with van der Waals surface area (Å²) in [7, 11) is 0. The average Bonchev–Trinajstić information content (AvgIpc) is 2.63. The van der Waals surface area contributed by atoms with E-state index in [9.17, 15) is 0 Å². The molecule has 0 amide bonds. The van der Waals surface area contributed by atoms with Crippen LogP contribution in [0, 0.1) is 5.92 Å². The highest BCUT2D eigenvalue weighted by Gasteiger charge is 2.19. The van der Waals surface area contributed by atoms with Gasteiger partial charge in [-0.3, -0.25) is 0 Å². The molecule has 2 N–H and O–H groups in total. The molecular weight excluding hydrogens is 276 g/mol. The van der Waals surface area contributed by atoms with Crippen LogP contribution in [-0.2, 0) is 13.1 Å². The molecule has 1 aliphatic rings. The van der Waals surface area contributed by atoms with E-state index in [4.69, 9.17) is 5.73 Å². The molecule has 1 aliphatic carbocycles. The Labute approximate surface area is 110 Å². The van der Waals surface area contributed by atoms with Crippen LogP contribution in [-0.4, -0.2) is 4.57 Å². The van der Waals surface area contributed by atoms with Crippen LogP contribution < -0.4 is 5.73 Å². The third kappa shape index (κ3) is 1.91. The van der Waals surface area contributed by atoms with Crippen LogP contribution in [0.25, 0.3) is 10.9 Å². The van der Waals surface area contributed by atoms with Crippen LogP contribution in [0.5, 0.6) is 0 Å². The predicted octanol–water partition coefficient (Wildman–Crippen LogP) is 3.66. The van der Waals surface area contributed by atoms with Crippen LogP contribution in [0.3, 0.4) is 0 Å². The number of nitrogens with two attached hydrogens (primary N) is 1. The second-order valence-corrected chi connectivity index (χ2v) is 5.80. The number of nitrogens with zero attached hydrogens (tertiary/aromatic N) is 1. The summed E-state index contributed by atoms with van der Waals surface area (Å²) in [5.41, 5.74) is 8.38. The summed E-state index contributed by atoms with van der Waals surface area (Å²) < 4.78 is 3.56. The quantitative estimate of drug-likeness (QED) is 0.920. The van der Waals surface area contributed by atoms with Gasteiger partial charge in [0, 0.05) is 29.1 Å². The van der Waals surface area contributed by atoms with Crippen molar-refractivity contribution in [3.63, 3.8) is 0 Å². The zero-order valence-electron chi connectivity index (χ0n) is 9.82. The zero-order valence-corrected chi connectivity index (χ0v) is 11.4. The Hall–Kier alpha value is -0.800. The maximum absolute atomic E-state index is 5.83. The molecule has 90 valence electrons. The molecule has 0 bridgehead atoms. The molecule has 3 heteroatoms. The lowest BCUT2D eigenvalue weighted by atomic mass is 9.85. The molecule has 1 heterocycles. The minimum Gasteiger partial charge on any atom is -0.346 e. The fraction of sp³-hybridized carbons (Fsp3) is 0.429. The van der Waals surface area contributed by atoms with E-state index in [0.29, 0.717) is 6.54 Å². The van der Waals surface area contributed by atoms with Gasteiger partial charge in [-0.15, -0.1) is 0 Å². The molecule has 1 saturated carbocycles. The molecule has 2 aromatic rings. The Morgan fingerprint density at radius 3 is 2.82 bits per heavy atom. The maximum Gasteiger partial charge on any atom is 0.0628 e. The number of aromatic nitrogens is 1. The van der Waals surface area contributed by atoms with Gasteiger partial charge in [-0.05, 0) is 46.3 Å². The lowest BCUT2D eigenvalue weighted by molar-refractivity contribution is 0.279. The second kappa shape index (κ2) is 4.46. The zero-order chi connectivity index (χ0) is 11.8. The molecule has 0 spiro atoms. The van der Waals surface area contributed by atoms with Crippen molar-refractivity contribution in [3.05, 3.63) is 34.4 Å². The van der Waals surface area contributed by atoms with E-state index in [1.54, 1.807) is 0 Å². The van der Waals surface area contributed by atoms with Gasteiger partial charge in [0.25, 0.3) is 0 Å². The van der Waals surface area contributed by atoms with Gasteiger partial charge in [0.1, 0.15) is 0 Å². The van der Waals surface area contributed by atoms with Gasteiger partial charge < -0.3 is 10.3 Å². The number of hydrogen-bond acceptors (Lipinski definition) is 1. The van der Waals surface area contributed by atoms with E-state index in [2.05, 4.69) is 44.9 Å². The topological polar surface area (TPSA) is 30.9 Å². The summed E-state index contributed by atoms with van der Waals surface area (Å²) in [4.78, 5) is 0. The van der Waals surface area contributed by atoms with E-state index in [1.165, 1.54) is 40.2 Å². The molecular formula is C14H17BrN2. The third-order valence-electron chi connectivity index (χ3n) is 3.83. The van der Waals surface area contributed by atoms with E-state index < -0.39 is 0 Å². The first-order valence-electron chi connectivity index (χ1n) is 6.26. The van der Waals surface area contributed by atoms with E-state index in [0.717, 1.165) is 12.5 Å². The fourth-order valence-electron chi connectivity index (χ4n) is 2.65. The minimum atomic E-state index is 0.616. The molecule has 2 nitrogen and oxygen atoms in total. The van der Waals surface area contributed by atoms with Crippen LogP contribution >= 0.6 is 15.9 Å². The van der Waals surface area contributed by atoms with Crippen LogP contribution in [0.2, 0.25) is 0 Å². The third-order valence-corrected chi connectivity index (χ3v) is 4.47. The second-order valence-electron chi connectivity index (χ2n) is 4.94. The smallest absolute Gasteiger partial charge is 0.0628 e. The molecule has 1 aromatic carbocycles. The average molecular weight is 293 g/mol. The molecule has 0 saturated heterocycles. The first-order chi connectivity index (χ1) is 8.29. The van der Waals surface area contributed by atoms with Crippen molar-refractivity contribution in [2.75, 3.05) is 0 Å². The Bertz CT molecular complexity index is 540. The molecule has 0 unspecified atom stereocenters. The van der Waals surface area contributed by atoms with Crippen LogP contribution in [0.15, 0.2) is 28.9 Å². The van der Waals surface area contributed by atoms with Gasteiger partial charge in [-0.2, -0.15) is 0 Å².